The van der Waals surface area contributed by atoms with Crippen LogP contribution in [0.1, 0.15) is 10.4 Å². The Morgan fingerprint density at radius 3 is 2.75 bits per heavy atom. The average molecular weight is 234 g/mol. The van der Waals surface area contributed by atoms with E-state index in [1.54, 1.807) is 24.5 Å². The molecule has 1 aromatic carbocycles. The van der Waals surface area contributed by atoms with Crippen molar-refractivity contribution in [1.29, 1.82) is 0 Å². The molecule has 2 aromatic rings. The van der Waals surface area contributed by atoms with Crippen LogP contribution in [0.3, 0.4) is 0 Å². The summed E-state index contributed by atoms with van der Waals surface area (Å²) in [7, 11) is 0. The molecule has 1 aromatic heterocycles. The molecule has 0 unspecified atom stereocenters. The van der Waals surface area contributed by atoms with Gasteiger partial charge in [0.1, 0.15) is 0 Å². The van der Waals surface area contributed by atoms with Crippen LogP contribution >= 0.6 is 11.8 Å². The van der Waals surface area contributed by atoms with Gasteiger partial charge in [0.05, 0.1) is 11.8 Å². The number of nitrogens with two attached hydrogens (primary N) is 1. The molecule has 82 valence electrons. The standard InChI is InChI=1S/C11H10N2O2S/c12-13-11(14)8-4-1-2-5-9(8)16-10-6-3-7-15-10/h1-7H,12H2,(H,13,14). The Morgan fingerprint density at radius 1 is 1.25 bits per heavy atom. The number of hydrazine groups is 1. The maximum Gasteiger partial charge on any atom is 0.266 e. The third-order valence-electron chi connectivity index (χ3n) is 1.97. The minimum absolute atomic E-state index is 0.311. The van der Waals surface area contributed by atoms with E-state index in [0.717, 1.165) is 9.99 Å². The molecule has 0 spiro atoms. The Kier molecular flexibility index (Phi) is 3.28. The highest BCUT2D eigenvalue weighted by molar-refractivity contribution is 7.99. The van der Waals surface area contributed by atoms with E-state index in [-0.39, 0.29) is 5.91 Å². The molecule has 2 rings (SSSR count). The summed E-state index contributed by atoms with van der Waals surface area (Å²) in [5.41, 5.74) is 2.65. The number of nitrogens with one attached hydrogen (secondary N) is 1. The van der Waals surface area contributed by atoms with Crippen molar-refractivity contribution in [2.24, 2.45) is 5.84 Å². The van der Waals surface area contributed by atoms with E-state index in [1.165, 1.54) is 11.8 Å². The molecule has 0 saturated carbocycles. The number of furan rings is 1. The Balaban J connectivity index is 2.30. The van der Waals surface area contributed by atoms with Crippen LogP contribution in [0.15, 0.2) is 57.1 Å². The van der Waals surface area contributed by atoms with Gasteiger partial charge in [0, 0.05) is 4.90 Å². The SMILES string of the molecule is NNC(=O)c1ccccc1Sc1ccco1. The first-order valence-corrected chi connectivity index (χ1v) is 5.44. The number of hydrogen-bond acceptors (Lipinski definition) is 4. The molecule has 0 fully saturated rings. The summed E-state index contributed by atoms with van der Waals surface area (Å²) in [6.07, 6.45) is 1.59. The predicted octanol–water partition coefficient (Wildman–Crippen LogP) is 2.03. The molecule has 1 amide bonds. The second-order valence-corrected chi connectivity index (χ2v) is 4.05. The number of benzene rings is 1. The lowest BCUT2D eigenvalue weighted by atomic mass is 10.2. The van der Waals surface area contributed by atoms with Gasteiger partial charge in [-0.15, -0.1) is 0 Å². The molecule has 0 atom stereocenters. The quantitative estimate of drug-likeness (QED) is 0.484. The normalized spacial score (nSPS) is 10.1. The minimum atomic E-state index is -0.311. The number of amides is 1. The smallest absolute Gasteiger partial charge is 0.266 e. The molecule has 1 heterocycles. The Labute approximate surface area is 96.8 Å². The van der Waals surface area contributed by atoms with Crippen molar-refractivity contribution in [3.63, 3.8) is 0 Å². The van der Waals surface area contributed by atoms with Gasteiger partial charge in [-0.05, 0) is 24.3 Å². The van der Waals surface area contributed by atoms with Crippen LogP contribution in [-0.4, -0.2) is 5.91 Å². The van der Waals surface area contributed by atoms with Gasteiger partial charge >= 0.3 is 0 Å². The second-order valence-electron chi connectivity index (χ2n) is 3.00. The zero-order valence-corrected chi connectivity index (χ0v) is 9.16. The van der Waals surface area contributed by atoms with Gasteiger partial charge in [0.2, 0.25) is 0 Å². The van der Waals surface area contributed by atoms with E-state index in [2.05, 4.69) is 5.43 Å². The third-order valence-corrected chi connectivity index (χ3v) is 2.98. The van der Waals surface area contributed by atoms with Crippen LogP contribution in [0.25, 0.3) is 0 Å². The summed E-state index contributed by atoms with van der Waals surface area (Å²) < 4.78 is 5.21. The zero-order valence-electron chi connectivity index (χ0n) is 8.34. The van der Waals surface area contributed by atoms with E-state index in [0.29, 0.717) is 5.56 Å². The lowest BCUT2D eigenvalue weighted by Crippen LogP contribution is -2.30. The third kappa shape index (κ3) is 2.26. The fourth-order valence-corrected chi connectivity index (χ4v) is 2.14. The molecular formula is C11H10N2O2S. The zero-order chi connectivity index (χ0) is 11.4. The highest BCUT2D eigenvalue weighted by atomic mass is 32.2. The highest BCUT2D eigenvalue weighted by Gasteiger charge is 2.11. The molecule has 0 aliphatic carbocycles. The molecule has 0 radical (unpaired) electrons. The van der Waals surface area contributed by atoms with Crippen LogP contribution in [0.4, 0.5) is 0 Å². The second kappa shape index (κ2) is 4.87. The fourth-order valence-electron chi connectivity index (χ4n) is 1.25. The van der Waals surface area contributed by atoms with Crippen LogP contribution < -0.4 is 11.3 Å². The lowest BCUT2D eigenvalue weighted by molar-refractivity contribution is 0.0951. The Hall–Kier alpha value is -1.72. The Bertz CT molecular complexity index is 482. The number of carbonyl (C=O) groups excluding carboxylic acids is 1. The van der Waals surface area contributed by atoms with Crippen molar-refractivity contribution >= 4 is 17.7 Å². The van der Waals surface area contributed by atoms with E-state index in [4.69, 9.17) is 10.3 Å². The predicted molar refractivity (Wildman–Crippen MR) is 60.9 cm³/mol. The monoisotopic (exact) mass is 234 g/mol. The summed E-state index contributed by atoms with van der Waals surface area (Å²) >= 11 is 1.38. The van der Waals surface area contributed by atoms with Crippen LogP contribution in [0, 0.1) is 0 Å². The summed E-state index contributed by atoms with van der Waals surface area (Å²) in [6.45, 7) is 0. The van der Waals surface area contributed by atoms with E-state index in [1.807, 2.05) is 18.2 Å². The maximum atomic E-state index is 11.5. The number of carbonyl (C=O) groups is 1. The largest absolute Gasteiger partial charge is 0.458 e. The van der Waals surface area contributed by atoms with E-state index in [9.17, 15) is 4.79 Å². The van der Waals surface area contributed by atoms with Crippen LogP contribution in [-0.2, 0) is 0 Å². The minimum Gasteiger partial charge on any atom is -0.458 e. The van der Waals surface area contributed by atoms with Gasteiger partial charge in [-0.3, -0.25) is 10.2 Å². The van der Waals surface area contributed by atoms with Gasteiger partial charge < -0.3 is 4.42 Å². The summed E-state index contributed by atoms with van der Waals surface area (Å²) in [5.74, 6) is 4.80. The maximum absolute atomic E-state index is 11.5. The van der Waals surface area contributed by atoms with E-state index < -0.39 is 0 Å². The summed E-state index contributed by atoms with van der Waals surface area (Å²) in [4.78, 5) is 12.3. The first-order valence-electron chi connectivity index (χ1n) is 4.62. The summed E-state index contributed by atoms with van der Waals surface area (Å²) in [5, 5.41) is 0.734. The molecule has 0 bridgehead atoms. The first kappa shape index (κ1) is 10.8. The molecule has 0 aliphatic heterocycles. The lowest BCUT2D eigenvalue weighted by Gasteiger charge is -2.05. The van der Waals surface area contributed by atoms with Crippen molar-refractivity contribution in [1.82, 2.24) is 5.43 Å². The van der Waals surface area contributed by atoms with Crippen molar-refractivity contribution in [3.05, 3.63) is 48.2 Å². The topological polar surface area (TPSA) is 68.3 Å². The van der Waals surface area contributed by atoms with Gasteiger partial charge in [-0.1, -0.05) is 23.9 Å². The highest BCUT2D eigenvalue weighted by Crippen LogP contribution is 2.30. The molecule has 0 saturated heterocycles. The van der Waals surface area contributed by atoms with E-state index >= 15 is 0 Å². The van der Waals surface area contributed by atoms with Crippen molar-refractivity contribution < 1.29 is 9.21 Å². The first-order chi connectivity index (χ1) is 7.81. The molecule has 5 heteroatoms. The molecule has 16 heavy (non-hydrogen) atoms. The summed E-state index contributed by atoms with van der Waals surface area (Å²) in [6, 6.07) is 10.8. The number of nitrogen functional groups attached to an aromatic ring is 1. The van der Waals surface area contributed by atoms with Crippen molar-refractivity contribution in [3.8, 4) is 0 Å². The van der Waals surface area contributed by atoms with Gasteiger partial charge in [0.25, 0.3) is 5.91 Å². The van der Waals surface area contributed by atoms with Gasteiger partial charge in [0.15, 0.2) is 5.09 Å². The van der Waals surface area contributed by atoms with Crippen LogP contribution in [0.5, 0.6) is 0 Å². The van der Waals surface area contributed by atoms with Crippen molar-refractivity contribution in [2.75, 3.05) is 0 Å². The van der Waals surface area contributed by atoms with Crippen molar-refractivity contribution in [2.45, 2.75) is 9.99 Å². The Morgan fingerprint density at radius 2 is 2.06 bits per heavy atom. The van der Waals surface area contributed by atoms with Gasteiger partial charge in [-0.2, -0.15) is 0 Å². The van der Waals surface area contributed by atoms with Crippen LogP contribution in [0.2, 0.25) is 0 Å². The fraction of sp³-hybridized carbons (Fsp3) is 0. The number of rotatable bonds is 3. The molecule has 4 nitrogen and oxygen atoms in total. The molecule has 0 aliphatic rings. The molecule has 3 N–H and O–H groups in total. The van der Waals surface area contributed by atoms with Gasteiger partial charge in [-0.25, -0.2) is 5.84 Å². The average Bonchev–Trinajstić information content (AvgIpc) is 2.82. The number of hydrogen-bond donors (Lipinski definition) is 2. The molecular weight excluding hydrogens is 224 g/mol.